The highest BCUT2D eigenvalue weighted by molar-refractivity contribution is 4.74. The summed E-state index contributed by atoms with van der Waals surface area (Å²) in [7, 11) is 3.45. The number of methoxy groups -OCH3 is 2. The van der Waals surface area contributed by atoms with Crippen LogP contribution in [0.3, 0.4) is 0 Å². The second-order valence-corrected chi connectivity index (χ2v) is 2.97. The fraction of sp³-hybridized carbons (Fsp3) is 1.00. The molecule has 0 aromatic carbocycles. The van der Waals surface area contributed by atoms with Crippen LogP contribution in [0.1, 0.15) is 0 Å². The van der Waals surface area contributed by atoms with Gasteiger partial charge in [0.25, 0.3) is 0 Å². The summed E-state index contributed by atoms with van der Waals surface area (Å²) in [6, 6.07) is 0. The summed E-state index contributed by atoms with van der Waals surface area (Å²) < 4.78 is 15.4. The van der Waals surface area contributed by atoms with E-state index in [1.807, 2.05) is 0 Å². The van der Waals surface area contributed by atoms with Crippen molar-refractivity contribution in [1.82, 2.24) is 0 Å². The lowest BCUT2D eigenvalue weighted by Gasteiger charge is -2.14. The standard InChI is InChI=1S/C8H16O3/c1-9-3-7-5-11-6-8(7)4-10-2/h7-8H,3-6H2,1-2H3/t7-,8+. The second kappa shape index (κ2) is 4.70. The van der Waals surface area contributed by atoms with Gasteiger partial charge in [0, 0.05) is 26.1 Å². The maximum atomic E-state index is 5.31. The average molecular weight is 160 g/mol. The second-order valence-electron chi connectivity index (χ2n) is 2.97. The zero-order chi connectivity index (χ0) is 8.10. The lowest BCUT2D eigenvalue weighted by atomic mass is 9.98. The van der Waals surface area contributed by atoms with Gasteiger partial charge in [-0.25, -0.2) is 0 Å². The van der Waals surface area contributed by atoms with E-state index < -0.39 is 0 Å². The van der Waals surface area contributed by atoms with E-state index in [9.17, 15) is 0 Å². The van der Waals surface area contributed by atoms with Crippen molar-refractivity contribution >= 4 is 0 Å². The van der Waals surface area contributed by atoms with Crippen LogP contribution in [0.25, 0.3) is 0 Å². The molecule has 0 amide bonds. The van der Waals surface area contributed by atoms with E-state index in [4.69, 9.17) is 14.2 Å². The first-order chi connectivity index (χ1) is 5.38. The normalized spacial score (nSPS) is 31.1. The molecule has 0 spiro atoms. The molecular formula is C8H16O3. The topological polar surface area (TPSA) is 27.7 Å². The molecule has 0 unspecified atom stereocenters. The van der Waals surface area contributed by atoms with Crippen molar-refractivity contribution in [1.29, 1.82) is 0 Å². The molecule has 0 radical (unpaired) electrons. The molecule has 0 aliphatic carbocycles. The smallest absolute Gasteiger partial charge is 0.0520 e. The molecule has 0 aromatic heterocycles. The molecule has 0 saturated carbocycles. The lowest BCUT2D eigenvalue weighted by Crippen LogP contribution is -2.21. The molecule has 1 rings (SSSR count). The number of hydrogen-bond acceptors (Lipinski definition) is 3. The van der Waals surface area contributed by atoms with E-state index >= 15 is 0 Å². The molecule has 2 atom stereocenters. The highest BCUT2D eigenvalue weighted by atomic mass is 16.5. The van der Waals surface area contributed by atoms with E-state index in [2.05, 4.69) is 0 Å². The molecule has 1 aliphatic heterocycles. The summed E-state index contributed by atoms with van der Waals surface area (Å²) in [4.78, 5) is 0. The molecule has 1 fully saturated rings. The van der Waals surface area contributed by atoms with Gasteiger partial charge < -0.3 is 14.2 Å². The molecule has 0 N–H and O–H groups in total. The molecule has 0 bridgehead atoms. The van der Waals surface area contributed by atoms with E-state index in [0.29, 0.717) is 11.8 Å². The summed E-state index contributed by atoms with van der Waals surface area (Å²) in [5.74, 6) is 1.06. The van der Waals surface area contributed by atoms with Crippen LogP contribution in [0.15, 0.2) is 0 Å². The van der Waals surface area contributed by atoms with Gasteiger partial charge in [-0.2, -0.15) is 0 Å². The van der Waals surface area contributed by atoms with E-state index in [0.717, 1.165) is 26.4 Å². The van der Waals surface area contributed by atoms with Gasteiger partial charge >= 0.3 is 0 Å². The Kier molecular flexibility index (Phi) is 3.83. The molecule has 0 aromatic rings. The first-order valence-electron chi connectivity index (χ1n) is 3.94. The maximum absolute atomic E-state index is 5.31. The van der Waals surface area contributed by atoms with E-state index in [1.54, 1.807) is 14.2 Å². The Morgan fingerprint density at radius 2 is 1.55 bits per heavy atom. The fourth-order valence-corrected chi connectivity index (χ4v) is 1.44. The number of ether oxygens (including phenoxy) is 3. The predicted octanol–water partition coefficient (Wildman–Crippen LogP) is 0.542. The molecular weight excluding hydrogens is 144 g/mol. The third kappa shape index (κ3) is 2.43. The Morgan fingerprint density at radius 3 is 1.91 bits per heavy atom. The van der Waals surface area contributed by atoms with Crippen molar-refractivity contribution in [3.8, 4) is 0 Å². The third-order valence-electron chi connectivity index (χ3n) is 2.09. The predicted molar refractivity (Wildman–Crippen MR) is 41.6 cm³/mol. The van der Waals surface area contributed by atoms with Gasteiger partial charge in [-0.3, -0.25) is 0 Å². The fourth-order valence-electron chi connectivity index (χ4n) is 1.44. The van der Waals surface area contributed by atoms with Crippen molar-refractivity contribution in [2.24, 2.45) is 11.8 Å². The van der Waals surface area contributed by atoms with Crippen molar-refractivity contribution in [3.05, 3.63) is 0 Å². The van der Waals surface area contributed by atoms with E-state index in [1.165, 1.54) is 0 Å². The summed E-state index contributed by atoms with van der Waals surface area (Å²) in [5.41, 5.74) is 0. The minimum atomic E-state index is 0.528. The van der Waals surface area contributed by atoms with Gasteiger partial charge in [-0.05, 0) is 0 Å². The van der Waals surface area contributed by atoms with Gasteiger partial charge in [0.15, 0.2) is 0 Å². The van der Waals surface area contributed by atoms with Gasteiger partial charge in [-0.15, -0.1) is 0 Å². The Balaban J connectivity index is 2.25. The SMILES string of the molecule is COC[C@@H]1COC[C@@H]1COC. The van der Waals surface area contributed by atoms with Crippen molar-refractivity contribution in [2.75, 3.05) is 40.6 Å². The highest BCUT2D eigenvalue weighted by Crippen LogP contribution is 2.20. The largest absolute Gasteiger partial charge is 0.384 e. The summed E-state index contributed by atoms with van der Waals surface area (Å²) >= 11 is 0. The highest BCUT2D eigenvalue weighted by Gasteiger charge is 2.27. The van der Waals surface area contributed by atoms with Crippen LogP contribution in [0.2, 0.25) is 0 Å². The molecule has 1 aliphatic rings. The summed E-state index contributed by atoms with van der Waals surface area (Å²) in [6.07, 6.45) is 0. The summed E-state index contributed by atoms with van der Waals surface area (Å²) in [6.45, 7) is 3.21. The van der Waals surface area contributed by atoms with Crippen molar-refractivity contribution in [2.45, 2.75) is 0 Å². The zero-order valence-electron chi connectivity index (χ0n) is 7.21. The number of rotatable bonds is 4. The Bertz CT molecular complexity index is 93.5. The minimum absolute atomic E-state index is 0.528. The molecule has 3 heteroatoms. The number of hydrogen-bond donors (Lipinski definition) is 0. The molecule has 1 heterocycles. The van der Waals surface area contributed by atoms with Gasteiger partial charge in [0.1, 0.15) is 0 Å². The van der Waals surface area contributed by atoms with Crippen LogP contribution >= 0.6 is 0 Å². The van der Waals surface area contributed by atoms with Crippen LogP contribution in [0.5, 0.6) is 0 Å². The first-order valence-corrected chi connectivity index (χ1v) is 3.94. The van der Waals surface area contributed by atoms with Gasteiger partial charge in [0.05, 0.1) is 26.4 Å². The zero-order valence-corrected chi connectivity index (χ0v) is 7.21. The van der Waals surface area contributed by atoms with Crippen molar-refractivity contribution in [3.63, 3.8) is 0 Å². The van der Waals surface area contributed by atoms with Crippen LogP contribution in [0, 0.1) is 11.8 Å². The van der Waals surface area contributed by atoms with Gasteiger partial charge in [-0.1, -0.05) is 0 Å². The van der Waals surface area contributed by atoms with Crippen LogP contribution in [-0.4, -0.2) is 40.6 Å². The monoisotopic (exact) mass is 160 g/mol. The quantitative estimate of drug-likeness (QED) is 0.601. The van der Waals surface area contributed by atoms with Crippen LogP contribution < -0.4 is 0 Å². The Morgan fingerprint density at radius 1 is 1.09 bits per heavy atom. The lowest BCUT2D eigenvalue weighted by molar-refractivity contribution is 0.0937. The third-order valence-corrected chi connectivity index (χ3v) is 2.09. The average Bonchev–Trinajstić information content (AvgIpc) is 2.39. The molecule has 11 heavy (non-hydrogen) atoms. The molecule has 66 valence electrons. The van der Waals surface area contributed by atoms with Crippen LogP contribution in [-0.2, 0) is 14.2 Å². The minimum Gasteiger partial charge on any atom is -0.384 e. The van der Waals surface area contributed by atoms with Crippen molar-refractivity contribution < 1.29 is 14.2 Å². The van der Waals surface area contributed by atoms with Gasteiger partial charge in [0.2, 0.25) is 0 Å². The van der Waals surface area contributed by atoms with E-state index in [-0.39, 0.29) is 0 Å². The first kappa shape index (κ1) is 8.97. The van der Waals surface area contributed by atoms with Crippen LogP contribution in [0.4, 0.5) is 0 Å². The molecule has 1 saturated heterocycles. The Hall–Kier alpha value is -0.120. The Labute approximate surface area is 67.6 Å². The maximum Gasteiger partial charge on any atom is 0.0520 e. The molecule has 3 nitrogen and oxygen atoms in total. The summed E-state index contributed by atoms with van der Waals surface area (Å²) in [5, 5.41) is 0.